The number of nitrogens with zero attached hydrogens (tertiary/aromatic N) is 1. The van der Waals surface area contributed by atoms with Crippen LogP contribution in [0.3, 0.4) is 0 Å². The smallest absolute Gasteiger partial charge is 0.357 e. The number of aromatic nitrogens is 1. The van der Waals surface area contributed by atoms with Crippen molar-refractivity contribution in [1.29, 1.82) is 0 Å². The number of esters is 1. The maximum absolute atomic E-state index is 11.8. The Balaban J connectivity index is 2.44. The number of ether oxygens (including phenoxy) is 1. The largest absolute Gasteiger partial charge is 0.461 e. The molecule has 0 saturated carbocycles. The van der Waals surface area contributed by atoms with E-state index in [1.54, 1.807) is 13.0 Å². The Morgan fingerprint density at radius 3 is 2.78 bits per heavy atom. The van der Waals surface area contributed by atoms with E-state index in [1.165, 1.54) is 0 Å². The number of hydrogen-bond donors (Lipinski definition) is 2. The molecule has 6 nitrogen and oxygen atoms in total. The fraction of sp³-hybridized carbons (Fsp3) is 0.500. The molecule has 0 atom stereocenters. The molecule has 0 unspecified atom stereocenters. The fourth-order valence-electron chi connectivity index (χ4n) is 2.10. The second kappa shape index (κ2) is 5.12. The third kappa shape index (κ3) is 2.32. The molecule has 2 rings (SSSR count). The number of nitrogen functional groups attached to an aromatic ring is 1. The minimum absolute atomic E-state index is 0.116. The van der Waals surface area contributed by atoms with Crippen LogP contribution in [0.15, 0.2) is 10.9 Å². The van der Waals surface area contributed by atoms with E-state index in [-0.39, 0.29) is 18.0 Å². The number of H-pyrrole nitrogens is 1. The number of pyridine rings is 1. The summed E-state index contributed by atoms with van der Waals surface area (Å²) < 4.78 is 4.95. The second-order valence-electron chi connectivity index (χ2n) is 4.23. The van der Waals surface area contributed by atoms with Gasteiger partial charge in [-0.15, -0.1) is 0 Å². The molecular weight excluding hydrogens is 234 g/mol. The summed E-state index contributed by atoms with van der Waals surface area (Å²) in [4.78, 5) is 27.9. The van der Waals surface area contributed by atoms with Gasteiger partial charge < -0.3 is 20.4 Å². The van der Waals surface area contributed by atoms with Crippen LogP contribution in [0.5, 0.6) is 0 Å². The number of carbonyl (C=O) groups is 1. The van der Waals surface area contributed by atoms with Crippen molar-refractivity contribution in [2.75, 3.05) is 30.3 Å². The van der Waals surface area contributed by atoms with Crippen LogP contribution in [0.25, 0.3) is 0 Å². The van der Waals surface area contributed by atoms with Crippen molar-refractivity contribution < 1.29 is 9.53 Å². The van der Waals surface area contributed by atoms with Crippen LogP contribution in [-0.4, -0.2) is 30.6 Å². The highest BCUT2D eigenvalue weighted by Crippen LogP contribution is 2.24. The lowest BCUT2D eigenvalue weighted by molar-refractivity contribution is 0.0520. The molecule has 2 heterocycles. The Labute approximate surface area is 105 Å². The third-order valence-electron chi connectivity index (χ3n) is 2.98. The maximum Gasteiger partial charge on any atom is 0.357 e. The van der Waals surface area contributed by atoms with E-state index in [1.807, 2.05) is 4.90 Å². The van der Waals surface area contributed by atoms with Crippen molar-refractivity contribution in [1.82, 2.24) is 4.98 Å². The predicted octanol–water partition coefficient (Wildman–Crippen LogP) is 0.734. The lowest BCUT2D eigenvalue weighted by Gasteiger charge is -2.20. The first-order chi connectivity index (χ1) is 8.63. The van der Waals surface area contributed by atoms with Gasteiger partial charge >= 0.3 is 5.97 Å². The highest BCUT2D eigenvalue weighted by atomic mass is 16.5. The van der Waals surface area contributed by atoms with Crippen LogP contribution in [0.4, 0.5) is 11.4 Å². The van der Waals surface area contributed by atoms with E-state index in [0.29, 0.717) is 5.69 Å². The number of anilines is 2. The summed E-state index contributed by atoms with van der Waals surface area (Å²) in [6.45, 7) is 3.71. The lowest BCUT2D eigenvalue weighted by Crippen LogP contribution is -2.26. The number of nitrogens with two attached hydrogens (primary N) is 1. The summed E-state index contributed by atoms with van der Waals surface area (Å²) in [6.07, 6.45) is 2.14. The summed E-state index contributed by atoms with van der Waals surface area (Å²) in [5.41, 5.74) is 6.12. The SMILES string of the molecule is CCOC(=O)c1[nH]c(=O)c(N)cc1N1CCCC1. The molecule has 0 aromatic carbocycles. The van der Waals surface area contributed by atoms with Gasteiger partial charge in [0.25, 0.3) is 5.56 Å². The number of nitrogens with one attached hydrogen (secondary N) is 1. The molecule has 0 amide bonds. The normalized spacial score (nSPS) is 14.8. The number of carbonyl (C=O) groups excluding carboxylic acids is 1. The summed E-state index contributed by atoms with van der Waals surface area (Å²) >= 11 is 0. The first-order valence-corrected chi connectivity index (χ1v) is 6.08. The minimum atomic E-state index is -0.517. The zero-order valence-corrected chi connectivity index (χ0v) is 10.4. The lowest BCUT2D eigenvalue weighted by atomic mass is 10.2. The molecule has 0 spiro atoms. The van der Waals surface area contributed by atoms with Gasteiger partial charge in [0.05, 0.1) is 18.0 Å². The van der Waals surface area contributed by atoms with Crippen molar-refractivity contribution in [2.45, 2.75) is 19.8 Å². The molecule has 98 valence electrons. The summed E-state index contributed by atoms with van der Waals surface area (Å²) in [6, 6.07) is 1.55. The number of hydrogen-bond acceptors (Lipinski definition) is 5. The van der Waals surface area contributed by atoms with Crippen LogP contribution >= 0.6 is 0 Å². The van der Waals surface area contributed by atoms with Gasteiger partial charge in [-0.1, -0.05) is 0 Å². The van der Waals surface area contributed by atoms with Crippen molar-refractivity contribution in [2.24, 2.45) is 0 Å². The summed E-state index contributed by atoms with van der Waals surface area (Å²) in [5, 5.41) is 0. The molecule has 0 aliphatic carbocycles. The van der Waals surface area contributed by atoms with Crippen LogP contribution in [0.2, 0.25) is 0 Å². The first-order valence-electron chi connectivity index (χ1n) is 6.08. The van der Waals surface area contributed by atoms with E-state index >= 15 is 0 Å². The Kier molecular flexibility index (Phi) is 3.55. The molecule has 0 radical (unpaired) electrons. The van der Waals surface area contributed by atoms with Crippen molar-refractivity contribution >= 4 is 17.3 Å². The molecule has 1 aliphatic heterocycles. The molecular formula is C12H17N3O3. The van der Waals surface area contributed by atoms with Gasteiger partial charge in [-0.3, -0.25) is 4.79 Å². The quantitative estimate of drug-likeness (QED) is 0.773. The van der Waals surface area contributed by atoms with Crippen LogP contribution < -0.4 is 16.2 Å². The Hall–Kier alpha value is -1.98. The van der Waals surface area contributed by atoms with Gasteiger partial charge in [0, 0.05) is 13.1 Å². The molecule has 6 heteroatoms. The molecule has 1 fully saturated rings. The standard InChI is InChI=1S/C12H17N3O3/c1-2-18-12(17)10-9(15-5-3-4-6-15)7-8(13)11(16)14-10/h7H,2-6,13H2,1H3,(H,14,16). The number of aromatic amines is 1. The molecule has 1 aliphatic rings. The highest BCUT2D eigenvalue weighted by molar-refractivity contribution is 5.94. The fourth-order valence-corrected chi connectivity index (χ4v) is 2.10. The second-order valence-corrected chi connectivity index (χ2v) is 4.23. The van der Waals surface area contributed by atoms with E-state index in [0.717, 1.165) is 25.9 Å². The first kappa shape index (κ1) is 12.5. The van der Waals surface area contributed by atoms with Crippen LogP contribution in [0.1, 0.15) is 30.3 Å². The van der Waals surface area contributed by atoms with Gasteiger partial charge in [0.1, 0.15) is 0 Å². The average molecular weight is 251 g/mol. The van der Waals surface area contributed by atoms with Gasteiger partial charge in [-0.05, 0) is 25.8 Å². The van der Waals surface area contributed by atoms with Crippen LogP contribution in [-0.2, 0) is 4.74 Å². The minimum Gasteiger partial charge on any atom is -0.461 e. The van der Waals surface area contributed by atoms with Gasteiger partial charge in [-0.2, -0.15) is 0 Å². The van der Waals surface area contributed by atoms with Crippen molar-refractivity contribution in [3.8, 4) is 0 Å². The van der Waals surface area contributed by atoms with E-state index < -0.39 is 11.5 Å². The van der Waals surface area contributed by atoms with Gasteiger partial charge in [0.15, 0.2) is 5.69 Å². The molecule has 1 aromatic heterocycles. The Bertz CT molecular complexity index is 504. The Morgan fingerprint density at radius 2 is 2.17 bits per heavy atom. The molecule has 18 heavy (non-hydrogen) atoms. The van der Waals surface area contributed by atoms with Crippen molar-refractivity contribution in [3.63, 3.8) is 0 Å². The Morgan fingerprint density at radius 1 is 1.50 bits per heavy atom. The third-order valence-corrected chi connectivity index (χ3v) is 2.98. The van der Waals surface area contributed by atoms with Gasteiger partial charge in [0.2, 0.25) is 0 Å². The van der Waals surface area contributed by atoms with E-state index in [9.17, 15) is 9.59 Å². The highest BCUT2D eigenvalue weighted by Gasteiger charge is 2.22. The number of rotatable bonds is 3. The van der Waals surface area contributed by atoms with Crippen molar-refractivity contribution in [3.05, 3.63) is 22.1 Å². The van der Waals surface area contributed by atoms with E-state index in [4.69, 9.17) is 10.5 Å². The summed E-state index contributed by atoms with van der Waals surface area (Å²) in [7, 11) is 0. The van der Waals surface area contributed by atoms with Gasteiger partial charge in [-0.25, -0.2) is 4.79 Å². The zero-order valence-electron chi connectivity index (χ0n) is 10.4. The molecule has 1 saturated heterocycles. The predicted molar refractivity (Wildman–Crippen MR) is 68.9 cm³/mol. The average Bonchev–Trinajstić information content (AvgIpc) is 2.86. The summed E-state index contributed by atoms with van der Waals surface area (Å²) in [5.74, 6) is -0.517. The van der Waals surface area contributed by atoms with Crippen LogP contribution in [0, 0.1) is 0 Å². The monoisotopic (exact) mass is 251 g/mol. The molecule has 0 bridgehead atoms. The maximum atomic E-state index is 11.8. The topological polar surface area (TPSA) is 88.4 Å². The molecule has 3 N–H and O–H groups in total. The zero-order chi connectivity index (χ0) is 13.1. The molecule has 1 aromatic rings. The van der Waals surface area contributed by atoms with E-state index in [2.05, 4.69) is 4.98 Å².